The van der Waals surface area contributed by atoms with Crippen LogP contribution in [-0.2, 0) is 6.42 Å². The van der Waals surface area contributed by atoms with Gasteiger partial charge >= 0.3 is 0 Å². The van der Waals surface area contributed by atoms with Crippen LogP contribution in [0.1, 0.15) is 43.1 Å². The van der Waals surface area contributed by atoms with Gasteiger partial charge in [-0.15, -0.1) is 0 Å². The normalized spacial score (nSPS) is 14.7. The molecule has 3 nitrogen and oxygen atoms in total. The predicted octanol–water partition coefficient (Wildman–Crippen LogP) is 3.16. The van der Waals surface area contributed by atoms with Crippen LogP contribution < -0.4 is 5.32 Å². The number of carbonyl (C=O) groups excluding carboxylic acids is 1. The Morgan fingerprint density at radius 1 is 1.42 bits per heavy atom. The summed E-state index contributed by atoms with van der Waals surface area (Å²) in [6.45, 7) is 9.01. The van der Waals surface area contributed by atoms with Crippen molar-refractivity contribution in [3.63, 3.8) is 0 Å². The van der Waals surface area contributed by atoms with Crippen LogP contribution in [0.3, 0.4) is 0 Å². The van der Waals surface area contributed by atoms with Crippen molar-refractivity contribution in [2.24, 2.45) is 5.92 Å². The molecule has 104 valence electrons. The molecule has 0 aromatic heterocycles. The molecule has 0 saturated heterocycles. The highest BCUT2D eigenvalue weighted by Crippen LogP contribution is 2.24. The molecule has 0 spiro atoms. The lowest BCUT2D eigenvalue weighted by Crippen LogP contribution is -2.34. The summed E-state index contributed by atoms with van der Waals surface area (Å²) in [5.41, 5.74) is 3.25. The van der Waals surface area contributed by atoms with Crippen LogP contribution in [0.2, 0.25) is 0 Å². The highest BCUT2D eigenvalue weighted by atomic mass is 16.2. The minimum Gasteiger partial charge on any atom is -0.384 e. The fourth-order valence-corrected chi connectivity index (χ4v) is 2.47. The average molecular weight is 260 g/mol. The van der Waals surface area contributed by atoms with Gasteiger partial charge in [-0.05, 0) is 37.0 Å². The van der Waals surface area contributed by atoms with E-state index in [1.165, 1.54) is 5.56 Å². The van der Waals surface area contributed by atoms with Crippen LogP contribution in [0.4, 0.5) is 5.69 Å². The Kier molecular flexibility index (Phi) is 4.46. The zero-order valence-electron chi connectivity index (χ0n) is 12.2. The molecule has 0 radical (unpaired) electrons. The van der Waals surface area contributed by atoms with Gasteiger partial charge in [0, 0.05) is 30.9 Å². The zero-order valence-corrected chi connectivity index (χ0v) is 12.2. The number of fused-ring (bicyclic) bond motifs is 1. The molecule has 1 aromatic carbocycles. The number of hydrogen-bond donors (Lipinski definition) is 1. The first-order valence-corrected chi connectivity index (χ1v) is 7.31. The second-order valence-corrected chi connectivity index (χ2v) is 5.41. The van der Waals surface area contributed by atoms with Crippen LogP contribution in [-0.4, -0.2) is 30.4 Å². The van der Waals surface area contributed by atoms with Gasteiger partial charge in [-0.1, -0.05) is 26.3 Å². The van der Waals surface area contributed by atoms with Gasteiger partial charge in [-0.3, -0.25) is 4.79 Å². The Morgan fingerprint density at radius 2 is 2.21 bits per heavy atom. The van der Waals surface area contributed by atoms with Gasteiger partial charge < -0.3 is 10.2 Å². The van der Waals surface area contributed by atoms with E-state index in [2.05, 4.69) is 25.2 Å². The molecule has 1 atom stereocenters. The van der Waals surface area contributed by atoms with E-state index in [1.807, 2.05) is 24.0 Å². The number of benzene rings is 1. The maximum atomic E-state index is 12.5. The Bertz CT molecular complexity index is 456. The molecule has 19 heavy (non-hydrogen) atoms. The molecule has 1 N–H and O–H groups in total. The standard InChI is InChI=1S/C16H24N2O/c1-4-12(3)11-18(5-2)16(19)14-7-6-13-8-9-17-15(13)10-14/h6-7,10,12,17H,4-5,8-9,11H2,1-3H3. The van der Waals surface area contributed by atoms with E-state index in [0.717, 1.165) is 43.7 Å². The molecule has 0 bridgehead atoms. The Morgan fingerprint density at radius 3 is 2.89 bits per heavy atom. The third-order valence-corrected chi connectivity index (χ3v) is 3.96. The highest BCUT2D eigenvalue weighted by Gasteiger charge is 2.18. The summed E-state index contributed by atoms with van der Waals surface area (Å²) in [6, 6.07) is 6.05. The van der Waals surface area contributed by atoms with Crippen LogP contribution in [0, 0.1) is 5.92 Å². The second kappa shape index (κ2) is 6.09. The molecule has 0 fully saturated rings. The molecule has 1 amide bonds. The fraction of sp³-hybridized carbons (Fsp3) is 0.562. The summed E-state index contributed by atoms with van der Waals surface area (Å²) < 4.78 is 0. The SMILES string of the molecule is CCC(C)CN(CC)C(=O)c1ccc2c(c1)NCC2. The molecule has 1 aliphatic heterocycles. The first-order valence-electron chi connectivity index (χ1n) is 7.31. The number of nitrogens with one attached hydrogen (secondary N) is 1. The van der Waals surface area contributed by atoms with Crippen molar-refractivity contribution < 1.29 is 4.79 Å². The number of anilines is 1. The summed E-state index contributed by atoms with van der Waals surface area (Å²) in [5, 5.41) is 3.33. The van der Waals surface area contributed by atoms with Crippen LogP contribution >= 0.6 is 0 Å². The summed E-state index contributed by atoms with van der Waals surface area (Å²) in [6.07, 6.45) is 2.17. The average Bonchev–Trinajstić information content (AvgIpc) is 2.90. The van der Waals surface area contributed by atoms with Crippen molar-refractivity contribution in [1.82, 2.24) is 4.90 Å². The van der Waals surface area contributed by atoms with E-state index in [-0.39, 0.29) is 5.91 Å². The molecule has 2 rings (SSSR count). The van der Waals surface area contributed by atoms with Crippen molar-refractivity contribution in [2.75, 3.05) is 25.0 Å². The topological polar surface area (TPSA) is 32.3 Å². The van der Waals surface area contributed by atoms with Crippen molar-refractivity contribution in [3.05, 3.63) is 29.3 Å². The Labute approximate surface area is 116 Å². The monoisotopic (exact) mass is 260 g/mol. The first kappa shape index (κ1) is 13.9. The molecule has 3 heteroatoms. The smallest absolute Gasteiger partial charge is 0.253 e. The van der Waals surface area contributed by atoms with E-state index in [1.54, 1.807) is 0 Å². The molecule has 1 aromatic rings. The fourth-order valence-electron chi connectivity index (χ4n) is 2.47. The molecular formula is C16H24N2O. The number of nitrogens with zero attached hydrogens (tertiary/aromatic N) is 1. The summed E-state index contributed by atoms with van der Waals surface area (Å²) in [5.74, 6) is 0.704. The molecule has 1 aliphatic rings. The van der Waals surface area contributed by atoms with Gasteiger partial charge in [0.05, 0.1) is 0 Å². The molecule has 1 heterocycles. The minimum atomic E-state index is 0.152. The van der Waals surface area contributed by atoms with Crippen molar-refractivity contribution in [2.45, 2.75) is 33.6 Å². The lowest BCUT2D eigenvalue weighted by molar-refractivity contribution is 0.0741. The molecule has 0 saturated carbocycles. The summed E-state index contributed by atoms with van der Waals surface area (Å²) in [7, 11) is 0. The number of amides is 1. The first-order chi connectivity index (χ1) is 9.15. The maximum absolute atomic E-state index is 12.5. The summed E-state index contributed by atoms with van der Waals surface area (Å²) >= 11 is 0. The van der Waals surface area contributed by atoms with E-state index in [4.69, 9.17) is 0 Å². The van der Waals surface area contributed by atoms with Gasteiger partial charge in [-0.2, -0.15) is 0 Å². The van der Waals surface area contributed by atoms with Crippen LogP contribution in [0.5, 0.6) is 0 Å². The van der Waals surface area contributed by atoms with Crippen LogP contribution in [0.25, 0.3) is 0 Å². The highest BCUT2D eigenvalue weighted by molar-refractivity contribution is 5.95. The van der Waals surface area contributed by atoms with Crippen molar-refractivity contribution in [3.8, 4) is 0 Å². The lowest BCUT2D eigenvalue weighted by atomic mass is 10.1. The molecule has 1 unspecified atom stereocenters. The van der Waals surface area contributed by atoms with Gasteiger partial charge in [-0.25, -0.2) is 0 Å². The van der Waals surface area contributed by atoms with Crippen molar-refractivity contribution in [1.29, 1.82) is 0 Å². The quantitative estimate of drug-likeness (QED) is 0.882. The largest absolute Gasteiger partial charge is 0.384 e. The van der Waals surface area contributed by atoms with Crippen LogP contribution in [0.15, 0.2) is 18.2 Å². The van der Waals surface area contributed by atoms with Crippen molar-refractivity contribution >= 4 is 11.6 Å². The maximum Gasteiger partial charge on any atom is 0.253 e. The summed E-state index contributed by atoms with van der Waals surface area (Å²) in [4.78, 5) is 14.5. The number of hydrogen-bond acceptors (Lipinski definition) is 2. The van der Waals surface area contributed by atoms with Gasteiger partial charge in [0.1, 0.15) is 0 Å². The second-order valence-electron chi connectivity index (χ2n) is 5.41. The van der Waals surface area contributed by atoms with E-state index < -0.39 is 0 Å². The Hall–Kier alpha value is -1.51. The van der Waals surface area contributed by atoms with E-state index in [0.29, 0.717) is 5.92 Å². The number of rotatable bonds is 5. The lowest BCUT2D eigenvalue weighted by Gasteiger charge is -2.24. The predicted molar refractivity (Wildman–Crippen MR) is 79.7 cm³/mol. The minimum absolute atomic E-state index is 0.152. The molecule has 0 aliphatic carbocycles. The van der Waals surface area contributed by atoms with Gasteiger partial charge in [0.15, 0.2) is 0 Å². The third kappa shape index (κ3) is 3.09. The third-order valence-electron chi connectivity index (χ3n) is 3.96. The van der Waals surface area contributed by atoms with E-state index in [9.17, 15) is 4.79 Å². The molecular weight excluding hydrogens is 236 g/mol. The number of carbonyl (C=O) groups is 1. The van der Waals surface area contributed by atoms with Gasteiger partial charge in [0.2, 0.25) is 0 Å². The van der Waals surface area contributed by atoms with E-state index >= 15 is 0 Å². The zero-order chi connectivity index (χ0) is 13.8. The Balaban J connectivity index is 2.13. The van der Waals surface area contributed by atoms with Gasteiger partial charge in [0.25, 0.3) is 5.91 Å².